The summed E-state index contributed by atoms with van der Waals surface area (Å²) < 4.78 is 16.2. The molecule has 0 atom stereocenters. The Hall–Kier alpha value is -3.42. The topological polar surface area (TPSA) is 85.9 Å². The van der Waals surface area contributed by atoms with Crippen molar-refractivity contribution in [3.8, 4) is 17.2 Å². The number of hydrogen-bond donors (Lipinski definition) is 2. The molecule has 0 aliphatic heterocycles. The molecule has 0 aliphatic rings. The van der Waals surface area contributed by atoms with E-state index in [1.54, 1.807) is 60.7 Å². The van der Waals surface area contributed by atoms with Crippen LogP contribution in [0.2, 0.25) is 10.0 Å². The molecule has 3 aromatic rings. The number of carbonyl (C=O) groups excluding carboxylic acids is 2. The average molecular weight is 489 g/mol. The maximum absolute atomic E-state index is 12.9. The van der Waals surface area contributed by atoms with Crippen LogP contribution in [0.25, 0.3) is 0 Å². The van der Waals surface area contributed by atoms with Gasteiger partial charge in [0.05, 0.1) is 21.3 Å². The lowest BCUT2D eigenvalue weighted by Gasteiger charge is -2.23. The molecule has 0 bridgehead atoms. The molecule has 0 aliphatic carbocycles. The summed E-state index contributed by atoms with van der Waals surface area (Å²) in [6.45, 7) is 0. The number of nitrogens with one attached hydrogen (secondary N) is 2. The lowest BCUT2D eigenvalue weighted by Crippen LogP contribution is -2.41. The largest absolute Gasteiger partial charge is 0.493 e. The minimum absolute atomic E-state index is 0.373. The van der Waals surface area contributed by atoms with Crippen LogP contribution in [0, 0.1) is 0 Å². The van der Waals surface area contributed by atoms with Gasteiger partial charge in [-0.05, 0) is 60.7 Å². The van der Waals surface area contributed by atoms with Gasteiger partial charge in [0.15, 0.2) is 11.5 Å². The van der Waals surface area contributed by atoms with Gasteiger partial charge in [0.2, 0.25) is 5.75 Å². The maximum Gasteiger partial charge on any atom is 0.253 e. The zero-order valence-electron chi connectivity index (χ0n) is 18.1. The van der Waals surface area contributed by atoms with Crippen molar-refractivity contribution in [2.75, 3.05) is 21.3 Å². The smallest absolute Gasteiger partial charge is 0.253 e. The SMILES string of the molecule is COc1cc(C(NC(=O)c2ccc(Cl)cc2)NC(=O)c2ccc(Cl)cc2)cc(OC)c1OC. The summed E-state index contributed by atoms with van der Waals surface area (Å²) >= 11 is 11.8. The summed E-state index contributed by atoms with van der Waals surface area (Å²) in [6.07, 6.45) is -0.926. The highest BCUT2D eigenvalue weighted by molar-refractivity contribution is 6.31. The number of benzene rings is 3. The molecular weight excluding hydrogens is 467 g/mol. The number of halogens is 2. The van der Waals surface area contributed by atoms with Gasteiger partial charge in [-0.15, -0.1) is 0 Å². The van der Waals surface area contributed by atoms with Crippen LogP contribution in [-0.2, 0) is 0 Å². The molecule has 33 heavy (non-hydrogen) atoms. The highest BCUT2D eigenvalue weighted by atomic mass is 35.5. The Morgan fingerprint density at radius 1 is 0.697 bits per heavy atom. The van der Waals surface area contributed by atoms with E-state index in [-0.39, 0.29) is 0 Å². The van der Waals surface area contributed by atoms with E-state index < -0.39 is 18.0 Å². The first-order valence-electron chi connectivity index (χ1n) is 9.79. The van der Waals surface area contributed by atoms with Gasteiger partial charge in [0, 0.05) is 26.7 Å². The summed E-state index contributed by atoms with van der Waals surface area (Å²) in [6, 6.07) is 16.1. The van der Waals surface area contributed by atoms with Gasteiger partial charge < -0.3 is 24.8 Å². The summed E-state index contributed by atoms with van der Waals surface area (Å²) in [4.78, 5) is 25.8. The van der Waals surface area contributed by atoms with Crippen LogP contribution in [0.5, 0.6) is 17.2 Å². The monoisotopic (exact) mass is 488 g/mol. The second-order valence-corrected chi connectivity index (χ2v) is 7.73. The number of hydrogen-bond acceptors (Lipinski definition) is 5. The third kappa shape index (κ3) is 5.88. The van der Waals surface area contributed by atoms with Crippen molar-refractivity contribution < 1.29 is 23.8 Å². The molecule has 0 spiro atoms. The maximum atomic E-state index is 12.9. The van der Waals surface area contributed by atoms with Gasteiger partial charge in [-0.1, -0.05) is 23.2 Å². The first-order chi connectivity index (χ1) is 15.9. The standard InChI is InChI=1S/C24H22Cl2N2O5/c1-31-19-12-16(13-20(32-2)21(19)33-3)22(27-23(29)14-4-8-17(25)9-5-14)28-24(30)15-6-10-18(26)11-7-15/h4-13,22H,1-3H3,(H,27,29)(H,28,30). The molecule has 0 saturated heterocycles. The minimum atomic E-state index is -0.926. The van der Waals surface area contributed by atoms with E-state index in [4.69, 9.17) is 37.4 Å². The summed E-state index contributed by atoms with van der Waals surface area (Å²) in [7, 11) is 4.45. The number of amides is 2. The molecule has 0 saturated carbocycles. The van der Waals surface area contributed by atoms with Gasteiger partial charge in [0.1, 0.15) is 6.17 Å². The van der Waals surface area contributed by atoms with Crippen LogP contribution in [0.1, 0.15) is 32.4 Å². The zero-order valence-corrected chi connectivity index (χ0v) is 19.7. The molecule has 9 heteroatoms. The van der Waals surface area contributed by atoms with Crippen LogP contribution < -0.4 is 24.8 Å². The molecule has 2 amide bonds. The molecule has 0 aromatic heterocycles. The van der Waals surface area contributed by atoms with Crippen molar-refractivity contribution in [1.29, 1.82) is 0 Å². The third-order valence-electron chi connectivity index (χ3n) is 4.78. The fourth-order valence-corrected chi connectivity index (χ4v) is 3.35. The molecule has 3 rings (SSSR count). The lowest BCUT2D eigenvalue weighted by atomic mass is 10.1. The molecule has 172 valence electrons. The Morgan fingerprint density at radius 2 is 1.09 bits per heavy atom. The van der Waals surface area contributed by atoms with Crippen molar-refractivity contribution in [3.63, 3.8) is 0 Å². The molecule has 0 unspecified atom stereocenters. The van der Waals surface area contributed by atoms with Crippen molar-refractivity contribution in [1.82, 2.24) is 10.6 Å². The van der Waals surface area contributed by atoms with E-state index in [1.165, 1.54) is 21.3 Å². The predicted molar refractivity (Wildman–Crippen MR) is 127 cm³/mol. The van der Waals surface area contributed by atoms with Crippen LogP contribution in [0.3, 0.4) is 0 Å². The number of methoxy groups -OCH3 is 3. The quantitative estimate of drug-likeness (QED) is 0.441. The lowest BCUT2D eigenvalue weighted by molar-refractivity contribution is 0.0883. The van der Waals surface area contributed by atoms with Gasteiger partial charge in [-0.3, -0.25) is 9.59 Å². The first kappa shape index (κ1) is 24.2. The van der Waals surface area contributed by atoms with Gasteiger partial charge >= 0.3 is 0 Å². The van der Waals surface area contributed by atoms with Crippen LogP contribution in [0.15, 0.2) is 60.7 Å². The Bertz CT molecular complexity index is 1050. The Labute approximate surface area is 201 Å². The first-order valence-corrected chi connectivity index (χ1v) is 10.5. The molecular formula is C24H22Cl2N2O5. The highest BCUT2D eigenvalue weighted by Crippen LogP contribution is 2.39. The Morgan fingerprint density at radius 3 is 1.42 bits per heavy atom. The van der Waals surface area contributed by atoms with Crippen molar-refractivity contribution in [2.45, 2.75) is 6.17 Å². The van der Waals surface area contributed by atoms with E-state index in [0.717, 1.165) is 0 Å². The fraction of sp³-hybridized carbons (Fsp3) is 0.167. The van der Waals surface area contributed by atoms with Gasteiger partial charge in [-0.2, -0.15) is 0 Å². The minimum Gasteiger partial charge on any atom is -0.493 e. The number of carbonyl (C=O) groups is 2. The van der Waals surface area contributed by atoms with Crippen LogP contribution >= 0.6 is 23.2 Å². The molecule has 0 fully saturated rings. The average Bonchev–Trinajstić information content (AvgIpc) is 2.83. The van der Waals surface area contributed by atoms with Gasteiger partial charge in [0.25, 0.3) is 11.8 Å². The molecule has 0 heterocycles. The van der Waals surface area contributed by atoms with E-state index in [1.807, 2.05) is 0 Å². The molecule has 0 radical (unpaired) electrons. The molecule has 2 N–H and O–H groups in total. The second kappa shape index (κ2) is 10.9. The summed E-state index contributed by atoms with van der Waals surface area (Å²) in [5, 5.41) is 6.67. The predicted octanol–water partition coefficient (Wildman–Crippen LogP) is 4.88. The van der Waals surface area contributed by atoms with Crippen molar-refractivity contribution >= 4 is 35.0 Å². The zero-order chi connectivity index (χ0) is 24.0. The molecule has 3 aromatic carbocycles. The highest BCUT2D eigenvalue weighted by Gasteiger charge is 2.23. The van der Waals surface area contributed by atoms with E-state index in [2.05, 4.69) is 10.6 Å². The van der Waals surface area contributed by atoms with Crippen LogP contribution in [-0.4, -0.2) is 33.1 Å². The fourth-order valence-electron chi connectivity index (χ4n) is 3.10. The van der Waals surface area contributed by atoms with Crippen molar-refractivity contribution in [2.24, 2.45) is 0 Å². The van der Waals surface area contributed by atoms with Crippen molar-refractivity contribution in [3.05, 3.63) is 87.4 Å². The van der Waals surface area contributed by atoms with Crippen LogP contribution in [0.4, 0.5) is 0 Å². The summed E-state index contributed by atoms with van der Waals surface area (Å²) in [5.41, 5.74) is 1.25. The Kier molecular flexibility index (Phi) is 8.03. The Balaban J connectivity index is 1.98. The van der Waals surface area contributed by atoms with E-state index in [9.17, 15) is 9.59 Å². The van der Waals surface area contributed by atoms with E-state index in [0.29, 0.717) is 44.0 Å². The summed E-state index contributed by atoms with van der Waals surface area (Å²) in [5.74, 6) is 0.302. The number of rotatable bonds is 8. The third-order valence-corrected chi connectivity index (χ3v) is 5.29. The van der Waals surface area contributed by atoms with E-state index >= 15 is 0 Å². The molecule has 7 nitrogen and oxygen atoms in total. The second-order valence-electron chi connectivity index (χ2n) is 6.85. The normalized spacial score (nSPS) is 10.5. The number of ether oxygens (including phenoxy) is 3. The van der Waals surface area contributed by atoms with Gasteiger partial charge in [-0.25, -0.2) is 0 Å².